The number of nitrogens with zero attached hydrogens (tertiary/aromatic N) is 2. The second-order valence-electron chi connectivity index (χ2n) is 5.12. The highest BCUT2D eigenvalue weighted by atomic mass is 35.5. The number of hydrogen-bond donors (Lipinski definition) is 2. The summed E-state index contributed by atoms with van der Waals surface area (Å²) in [5.74, 6) is -0.763. The number of amides is 1. The van der Waals surface area contributed by atoms with Crippen molar-refractivity contribution in [2.75, 3.05) is 0 Å². The molecule has 1 amide bonds. The molecule has 5 nitrogen and oxygen atoms in total. The zero-order chi connectivity index (χ0) is 18.2. The van der Waals surface area contributed by atoms with Gasteiger partial charge in [-0.25, -0.2) is 9.97 Å². The SMILES string of the molecule is NC(=O)c1cc(-c2ccnc(-c3ccc(Cl)cc3C(F)(F)F)n2)c[nH]1. The minimum atomic E-state index is -4.60. The van der Waals surface area contributed by atoms with Crippen molar-refractivity contribution in [3.63, 3.8) is 0 Å². The van der Waals surface area contributed by atoms with Crippen molar-refractivity contribution in [2.24, 2.45) is 5.73 Å². The maximum Gasteiger partial charge on any atom is 0.417 e. The predicted octanol–water partition coefficient (Wildman–Crippen LogP) is 3.91. The lowest BCUT2D eigenvalue weighted by Crippen LogP contribution is -2.10. The highest BCUT2D eigenvalue weighted by Gasteiger charge is 2.34. The zero-order valence-electron chi connectivity index (χ0n) is 12.4. The Morgan fingerprint density at radius 2 is 1.96 bits per heavy atom. The van der Waals surface area contributed by atoms with Gasteiger partial charge in [-0.05, 0) is 30.3 Å². The maximum atomic E-state index is 13.3. The van der Waals surface area contributed by atoms with Gasteiger partial charge in [-0.1, -0.05) is 11.6 Å². The molecule has 25 heavy (non-hydrogen) atoms. The van der Waals surface area contributed by atoms with E-state index in [2.05, 4.69) is 15.0 Å². The Balaban J connectivity index is 2.09. The monoisotopic (exact) mass is 366 g/mol. The Bertz CT molecular complexity index is 953. The summed E-state index contributed by atoms with van der Waals surface area (Å²) in [4.78, 5) is 21.9. The van der Waals surface area contributed by atoms with Crippen LogP contribution in [0.5, 0.6) is 0 Å². The Labute approximate surface area is 144 Å². The number of aromatic nitrogens is 3. The van der Waals surface area contributed by atoms with Crippen molar-refractivity contribution in [3.05, 3.63) is 59.0 Å². The number of alkyl halides is 3. The highest BCUT2D eigenvalue weighted by molar-refractivity contribution is 6.30. The van der Waals surface area contributed by atoms with E-state index in [9.17, 15) is 18.0 Å². The van der Waals surface area contributed by atoms with E-state index in [1.54, 1.807) is 0 Å². The van der Waals surface area contributed by atoms with Crippen LogP contribution in [0.1, 0.15) is 16.1 Å². The first-order valence-electron chi connectivity index (χ1n) is 6.94. The molecule has 0 aliphatic rings. The standard InChI is InChI=1S/C16H10ClF3N4O/c17-9-1-2-10(11(6-9)16(18,19)20)15-22-4-3-12(24-15)8-5-13(14(21)25)23-7-8/h1-7,23H,(H2,21,25). The number of carbonyl (C=O) groups excluding carboxylic acids is 1. The van der Waals surface area contributed by atoms with E-state index in [0.717, 1.165) is 6.07 Å². The number of primary amides is 1. The number of benzene rings is 1. The first-order chi connectivity index (χ1) is 11.8. The van der Waals surface area contributed by atoms with E-state index >= 15 is 0 Å². The second kappa shape index (κ2) is 6.21. The molecule has 0 aliphatic heterocycles. The molecule has 3 rings (SSSR count). The zero-order valence-corrected chi connectivity index (χ0v) is 13.2. The smallest absolute Gasteiger partial charge is 0.364 e. The minimum Gasteiger partial charge on any atom is -0.364 e. The number of aromatic amines is 1. The molecular formula is C16H10ClF3N4O. The van der Waals surface area contributed by atoms with E-state index in [4.69, 9.17) is 17.3 Å². The number of nitrogens with one attached hydrogen (secondary N) is 1. The number of rotatable bonds is 3. The molecule has 0 radical (unpaired) electrons. The summed E-state index contributed by atoms with van der Waals surface area (Å²) in [5, 5.41) is -0.0380. The van der Waals surface area contributed by atoms with Crippen molar-refractivity contribution in [1.29, 1.82) is 0 Å². The lowest BCUT2D eigenvalue weighted by Gasteiger charge is -2.12. The van der Waals surface area contributed by atoms with Crippen molar-refractivity contribution in [3.8, 4) is 22.6 Å². The summed E-state index contributed by atoms with van der Waals surface area (Å²) in [7, 11) is 0. The molecule has 0 spiro atoms. The molecule has 2 heterocycles. The normalized spacial score (nSPS) is 11.5. The number of H-pyrrole nitrogens is 1. The van der Waals surface area contributed by atoms with E-state index in [-0.39, 0.29) is 22.1 Å². The highest BCUT2D eigenvalue weighted by Crippen LogP contribution is 2.37. The van der Waals surface area contributed by atoms with Crippen LogP contribution in [0.3, 0.4) is 0 Å². The molecule has 0 fully saturated rings. The van der Waals surface area contributed by atoms with Gasteiger partial charge in [0.15, 0.2) is 5.82 Å². The van der Waals surface area contributed by atoms with Crippen LogP contribution in [0.2, 0.25) is 5.02 Å². The van der Waals surface area contributed by atoms with Crippen LogP contribution in [0.25, 0.3) is 22.6 Å². The Kier molecular flexibility index (Phi) is 4.22. The third-order valence-corrected chi connectivity index (χ3v) is 3.66. The Morgan fingerprint density at radius 1 is 1.20 bits per heavy atom. The van der Waals surface area contributed by atoms with Gasteiger partial charge in [0.25, 0.3) is 5.91 Å². The van der Waals surface area contributed by atoms with Gasteiger partial charge < -0.3 is 10.7 Å². The van der Waals surface area contributed by atoms with E-state index in [1.165, 1.54) is 36.7 Å². The first-order valence-corrected chi connectivity index (χ1v) is 7.32. The molecular weight excluding hydrogens is 357 g/mol. The molecule has 9 heteroatoms. The molecule has 1 aromatic carbocycles. The van der Waals surface area contributed by atoms with Gasteiger partial charge in [0.2, 0.25) is 0 Å². The molecule has 128 valence electrons. The molecule has 0 aliphatic carbocycles. The second-order valence-corrected chi connectivity index (χ2v) is 5.56. The van der Waals surface area contributed by atoms with Crippen LogP contribution < -0.4 is 5.73 Å². The maximum absolute atomic E-state index is 13.3. The molecule has 3 N–H and O–H groups in total. The fraction of sp³-hybridized carbons (Fsp3) is 0.0625. The fourth-order valence-corrected chi connectivity index (χ4v) is 2.45. The summed E-state index contributed by atoms with van der Waals surface area (Å²) in [6, 6.07) is 6.36. The number of hydrogen-bond acceptors (Lipinski definition) is 3. The van der Waals surface area contributed by atoms with Crippen LogP contribution in [-0.4, -0.2) is 20.9 Å². The topological polar surface area (TPSA) is 84.7 Å². The Hall–Kier alpha value is -2.87. The summed E-state index contributed by atoms with van der Waals surface area (Å²) < 4.78 is 39.8. The van der Waals surface area contributed by atoms with Gasteiger partial charge in [-0.15, -0.1) is 0 Å². The fourth-order valence-electron chi connectivity index (χ4n) is 2.28. The molecule has 0 atom stereocenters. The van der Waals surface area contributed by atoms with E-state index in [1.807, 2.05) is 0 Å². The third-order valence-electron chi connectivity index (χ3n) is 3.43. The number of carbonyl (C=O) groups is 1. The minimum absolute atomic E-state index is 0.0380. The van der Waals surface area contributed by atoms with Gasteiger partial charge in [0, 0.05) is 28.5 Å². The molecule has 0 saturated carbocycles. The van der Waals surface area contributed by atoms with Gasteiger partial charge in [0.1, 0.15) is 5.69 Å². The van der Waals surface area contributed by atoms with E-state index in [0.29, 0.717) is 11.3 Å². The molecule has 0 unspecified atom stereocenters. The van der Waals surface area contributed by atoms with Crippen molar-refractivity contribution in [1.82, 2.24) is 15.0 Å². The lowest BCUT2D eigenvalue weighted by atomic mass is 10.1. The van der Waals surface area contributed by atoms with Crippen LogP contribution in [0, 0.1) is 0 Å². The van der Waals surface area contributed by atoms with Crippen molar-refractivity contribution in [2.45, 2.75) is 6.18 Å². The largest absolute Gasteiger partial charge is 0.417 e. The summed E-state index contributed by atoms with van der Waals surface area (Å²) >= 11 is 5.68. The summed E-state index contributed by atoms with van der Waals surface area (Å²) in [5.41, 5.74) is 5.06. The number of nitrogens with two attached hydrogens (primary N) is 1. The average molecular weight is 367 g/mol. The quantitative estimate of drug-likeness (QED) is 0.737. The predicted molar refractivity (Wildman–Crippen MR) is 85.8 cm³/mol. The molecule has 0 bridgehead atoms. The summed E-state index contributed by atoms with van der Waals surface area (Å²) in [6.45, 7) is 0. The summed E-state index contributed by atoms with van der Waals surface area (Å²) in [6.07, 6.45) is -1.78. The third kappa shape index (κ3) is 3.48. The average Bonchev–Trinajstić information content (AvgIpc) is 3.04. The first kappa shape index (κ1) is 17.0. The molecule has 0 saturated heterocycles. The van der Waals surface area contributed by atoms with Crippen LogP contribution in [0.15, 0.2) is 42.7 Å². The van der Waals surface area contributed by atoms with Crippen LogP contribution >= 0.6 is 11.6 Å². The van der Waals surface area contributed by atoms with Crippen LogP contribution in [0.4, 0.5) is 13.2 Å². The lowest BCUT2D eigenvalue weighted by molar-refractivity contribution is -0.137. The molecule has 3 aromatic rings. The van der Waals surface area contributed by atoms with Gasteiger partial charge in [0.05, 0.1) is 11.3 Å². The Morgan fingerprint density at radius 3 is 2.60 bits per heavy atom. The van der Waals surface area contributed by atoms with Crippen molar-refractivity contribution >= 4 is 17.5 Å². The van der Waals surface area contributed by atoms with Gasteiger partial charge in [-0.3, -0.25) is 4.79 Å². The molecule has 2 aromatic heterocycles. The van der Waals surface area contributed by atoms with Crippen LogP contribution in [-0.2, 0) is 6.18 Å². The van der Waals surface area contributed by atoms with Gasteiger partial charge in [-0.2, -0.15) is 13.2 Å². The van der Waals surface area contributed by atoms with Crippen molar-refractivity contribution < 1.29 is 18.0 Å². The number of halogens is 4. The van der Waals surface area contributed by atoms with E-state index < -0.39 is 17.6 Å². The van der Waals surface area contributed by atoms with Gasteiger partial charge >= 0.3 is 6.18 Å².